The van der Waals surface area contributed by atoms with Crippen LogP contribution in [0.5, 0.6) is 0 Å². The molecule has 0 saturated carbocycles. The fourth-order valence-electron chi connectivity index (χ4n) is 7.58. The number of hydrogen-bond acceptors (Lipinski definition) is 3. The molecule has 0 amide bonds. The zero-order valence-corrected chi connectivity index (χ0v) is 37.8. The van der Waals surface area contributed by atoms with Gasteiger partial charge in [0.1, 0.15) is 5.58 Å². The molecule has 6 aromatic carbocycles. The third-order valence-corrected chi connectivity index (χ3v) is 14.5. The summed E-state index contributed by atoms with van der Waals surface area (Å²) in [7, 11) is 0. The number of fused-ring (bicyclic) bond motifs is 4. The number of pyridine rings is 1. The second-order valence-electron chi connectivity index (χ2n) is 15.6. The molecule has 4 nitrogen and oxygen atoms in total. The third-order valence-electron chi connectivity index (χ3n) is 10.3. The average molecular weight is 987 g/mol. The van der Waals surface area contributed by atoms with Gasteiger partial charge in [-0.2, -0.15) is 0 Å². The van der Waals surface area contributed by atoms with Crippen molar-refractivity contribution in [2.45, 2.75) is 57.7 Å². The minimum absolute atomic E-state index is 0. The Kier molecular flexibility index (Phi) is 10.1. The molecule has 6 heteroatoms. The normalized spacial score (nSPS) is 13.0. The first-order valence-corrected chi connectivity index (χ1v) is 26.3. The minimum Gasteiger partial charge on any atom is 0 e. The first kappa shape index (κ1) is 35.1. The Balaban J connectivity index is 0.000000197. The maximum atomic E-state index is 8.49. The quantitative estimate of drug-likeness (QED) is 0.123. The van der Waals surface area contributed by atoms with Crippen molar-refractivity contribution in [3.05, 3.63) is 168 Å². The molecule has 0 aliphatic heterocycles. The average Bonchev–Trinajstić information content (AvgIpc) is 3.79. The van der Waals surface area contributed by atoms with Crippen molar-refractivity contribution < 1.29 is 30.0 Å². The summed E-state index contributed by atoms with van der Waals surface area (Å²) < 4.78 is 40.7. The molecular formula is C51H47GeIrN3O-2. The van der Waals surface area contributed by atoms with Crippen LogP contribution in [0.1, 0.15) is 47.5 Å². The molecule has 0 saturated heterocycles. The summed E-state index contributed by atoms with van der Waals surface area (Å²) in [5, 5.41) is 2.18. The van der Waals surface area contributed by atoms with E-state index in [0.29, 0.717) is 0 Å². The number of rotatable bonds is 6. The van der Waals surface area contributed by atoms with Gasteiger partial charge in [0, 0.05) is 31.2 Å². The van der Waals surface area contributed by atoms with E-state index in [-0.39, 0.29) is 25.7 Å². The van der Waals surface area contributed by atoms with Crippen LogP contribution in [0.25, 0.3) is 72.4 Å². The molecule has 9 aromatic rings. The smallest absolute Gasteiger partial charge is 0 e. The van der Waals surface area contributed by atoms with Crippen molar-refractivity contribution in [2.24, 2.45) is 0 Å². The van der Waals surface area contributed by atoms with E-state index >= 15 is 0 Å². The molecule has 3 heterocycles. The van der Waals surface area contributed by atoms with Gasteiger partial charge in [0.25, 0.3) is 0 Å². The van der Waals surface area contributed by atoms with Crippen LogP contribution in [0, 0.1) is 32.8 Å². The van der Waals surface area contributed by atoms with Crippen molar-refractivity contribution >= 4 is 50.6 Å². The fraction of sp³-hybridized carbons (Fsp3) is 0.176. The van der Waals surface area contributed by atoms with Crippen LogP contribution in [0.3, 0.4) is 0 Å². The predicted octanol–water partition coefficient (Wildman–Crippen LogP) is 13.2. The van der Waals surface area contributed by atoms with E-state index < -0.39 is 26.0 Å². The van der Waals surface area contributed by atoms with Gasteiger partial charge in [0.15, 0.2) is 0 Å². The zero-order chi connectivity index (χ0) is 42.6. The molecular weight excluding hydrogens is 935 g/mol. The number of imidazole rings is 1. The van der Waals surface area contributed by atoms with E-state index in [1.54, 1.807) is 12.1 Å². The molecule has 0 spiro atoms. The first-order chi connectivity index (χ1) is 28.5. The van der Waals surface area contributed by atoms with E-state index in [4.69, 9.17) is 14.9 Å². The van der Waals surface area contributed by atoms with Gasteiger partial charge in [-0.25, -0.2) is 0 Å². The van der Waals surface area contributed by atoms with Gasteiger partial charge >= 0.3 is 131 Å². The number of aryl methyl sites for hydroxylation is 3. The van der Waals surface area contributed by atoms with Gasteiger partial charge in [-0.15, -0.1) is 18.2 Å². The van der Waals surface area contributed by atoms with Crippen molar-refractivity contribution in [1.82, 2.24) is 14.5 Å². The minimum atomic E-state index is -2.14. The molecule has 0 aliphatic carbocycles. The Hall–Kier alpha value is -5.07. The Labute approximate surface area is 358 Å². The number of benzene rings is 6. The zero-order valence-electron chi connectivity index (χ0n) is 37.3. The Morgan fingerprint density at radius 2 is 1.51 bits per heavy atom. The van der Waals surface area contributed by atoms with Gasteiger partial charge in [-0.1, -0.05) is 71.6 Å². The van der Waals surface area contributed by atoms with Crippen molar-refractivity contribution in [3.8, 4) is 39.5 Å². The van der Waals surface area contributed by atoms with E-state index in [2.05, 4.69) is 126 Å². The van der Waals surface area contributed by atoms with Crippen LogP contribution in [-0.4, -0.2) is 27.8 Å². The van der Waals surface area contributed by atoms with Crippen LogP contribution < -0.4 is 4.40 Å². The van der Waals surface area contributed by atoms with Gasteiger partial charge in [-0.3, -0.25) is 4.98 Å². The second kappa shape index (κ2) is 16.4. The number of aromatic nitrogens is 3. The molecule has 9 rings (SSSR count). The summed E-state index contributed by atoms with van der Waals surface area (Å²) in [5.41, 5.74) is 13.3. The van der Waals surface area contributed by atoms with Crippen LogP contribution in [0.4, 0.5) is 0 Å². The summed E-state index contributed by atoms with van der Waals surface area (Å²) in [6, 6.07) is 48.9. The monoisotopic (exact) mass is 988 g/mol. The van der Waals surface area contributed by atoms with Crippen LogP contribution >= 0.6 is 0 Å². The van der Waals surface area contributed by atoms with Crippen molar-refractivity contribution in [3.63, 3.8) is 0 Å². The van der Waals surface area contributed by atoms with Gasteiger partial charge in [0.2, 0.25) is 0 Å². The second-order valence-corrected chi connectivity index (χ2v) is 26.2. The molecule has 287 valence electrons. The van der Waals surface area contributed by atoms with Crippen LogP contribution in [-0.2, 0) is 20.1 Å². The maximum Gasteiger partial charge on any atom is 0 e. The van der Waals surface area contributed by atoms with E-state index in [0.717, 1.165) is 66.9 Å². The Morgan fingerprint density at radius 3 is 2.21 bits per heavy atom. The molecule has 3 aromatic heterocycles. The molecule has 0 bridgehead atoms. The molecule has 0 aliphatic rings. The van der Waals surface area contributed by atoms with Crippen LogP contribution in [0.2, 0.25) is 17.3 Å². The fourth-order valence-corrected chi connectivity index (χ4v) is 10.9. The molecule has 0 atom stereocenters. The SMILES string of the molecule is Cc1cc(-c2ccccc2)cc(C)c1-n1c(-c2[c-]ccc3c2oc2ccccc23)nc2ccccc21.[2H]C([2H])([2H])c1c[c-]c(-c2cc(C([2H])(C)C)[c]([Ge]([CH3])([CH3])[CH3])cn2)cc1.[Ir]. The number of nitrogens with zero attached hydrogens (tertiary/aromatic N) is 3. The van der Waals surface area contributed by atoms with Gasteiger partial charge in [-0.05, 0) is 66.4 Å². The summed E-state index contributed by atoms with van der Waals surface area (Å²) in [4.78, 5) is 9.69. The van der Waals surface area contributed by atoms with Crippen molar-refractivity contribution in [1.29, 1.82) is 0 Å². The molecule has 1 radical (unpaired) electrons. The third kappa shape index (κ3) is 7.94. The Bertz CT molecular complexity index is 2990. The standard InChI is InChI=1S/C33H23N2O.C18H24GeN.Ir/c1-21-19-24(23-11-4-3-5-12-23)20-22(2)31(21)35-29-17-8-7-16-28(29)34-33(35)27-15-10-14-26-25-13-6-9-18-30(25)36-32(26)27;1-13(2)16-11-18(15-9-7-14(3)8-10-15)20-12-17(16)19(4,5)6;/h3-14,16-20H,1-2H3;7-9,11-13H,1-6H3;/q2*-1;/i;3D3,13D;. The number of para-hydroxylation sites is 3. The summed E-state index contributed by atoms with van der Waals surface area (Å²) >= 11 is -2.14. The molecule has 57 heavy (non-hydrogen) atoms. The molecule has 0 fully saturated rings. The summed E-state index contributed by atoms with van der Waals surface area (Å²) in [6.45, 7) is 6.02. The van der Waals surface area contributed by atoms with Gasteiger partial charge in [0.05, 0.1) is 22.4 Å². The van der Waals surface area contributed by atoms with Crippen LogP contribution in [0.15, 0.2) is 138 Å². The number of furan rings is 1. The summed E-state index contributed by atoms with van der Waals surface area (Å²) in [5.74, 6) is 7.01. The molecule has 0 N–H and O–H groups in total. The first-order valence-electron chi connectivity index (χ1n) is 21.0. The topological polar surface area (TPSA) is 43.9 Å². The largest absolute Gasteiger partial charge is 0 e. The maximum absolute atomic E-state index is 8.49. The number of hydrogen-bond donors (Lipinski definition) is 0. The predicted molar refractivity (Wildman–Crippen MR) is 238 cm³/mol. The molecule has 0 unspecified atom stereocenters. The van der Waals surface area contributed by atoms with E-state index in [1.165, 1.54) is 32.7 Å². The summed E-state index contributed by atoms with van der Waals surface area (Å²) in [6.07, 6.45) is 1.91. The van der Waals surface area contributed by atoms with E-state index in [1.807, 2.05) is 56.4 Å². The van der Waals surface area contributed by atoms with Crippen molar-refractivity contribution in [2.75, 3.05) is 0 Å². The Morgan fingerprint density at radius 1 is 0.789 bits per heavy atom. The van der Waals surface area contributed by atoms with Gasteiger partial charge < -0.3 is 8.98 Å². The van der Waals surface area contributed by atoms with E-state index in [9.17, 15) is 0 Å².